The van der Waals surface area contributed by atoms with Crippen LogP contribution in [0.3, 0.4) is 0 Å². The van der Waals surface area contributed by atoms with E-state index in [1.807, 2.05) is 4.90 Å². The number of halogens is 2. The van der Waals surface area contributed by atoms with Crippen molar-refractivity contribution in [2.75, 3.05) is 38.3 Å². The summed E-state index contributed by atoms with van der Waals surface area (Å²) in [7, 11) is 1.43. The predicted molar refractivity (Wildman–Crippen MR) is 109 cm³/mol. The van der Waals surface area contributed by atoms with Gasteiger partial charge in [0.05, 0.1) is 30.4 Å². The van der Waals surface area contributed by atoms with Crippen LogP contribution in [-0.4, -0.2) is 61.7 Å². The van der Waals surface area contributed by atoms with Crippen molar-refractivity contribution in [3.8, 4) is 5.75 Å². The van der Waals surface area contributed by atoms with E-state index in [0.29, 0.717) is 41.6 Å². The third-order valence-corrected chi connectivity index (χ3v) is 5.91. The molecule has 3 N–H and O–H groups in total. The number of benzene rings is 1. The van der Waals surface area contributed by atoms with Gasteiger partial charge in [0.25, 0.3) is 0 Å². The van der Waals surface area contributed by atoms with E-state index in [9.17, 15) is 23.5 Å². The fourth-order valence-electron chi connectivity index (χ4n) is 4.19. The average molecular weight is 421 g/mol. The van der Waals surface area contributed by atoms with E-state index in [2.05, 4.69) is 10.3 Å². The van der Waals surface area contributed by atoms with E-state index in [-0.39, 0.29) is 24.3 Å². The molecular weight excluding hydrogens is 396 g/mol. The minimum absolute atomic E-state index is 0.0107. The lowest BCUT2D eigenvalue weighted by Crippen LogP contribution is -2.30. The number of carbonyl (C=O) groups is 1. The second-order valence-electron chi connectivity index (χ2n) is 7.98. The number of nitrogens with zero attached hydrogens (tertiary/aromatic N) is 1. The Hall–Kier alpha value is -2.68. The Labute approximate surface area is 172 Å². The maximum Gasteiger partial charge on any atom is 0.341 e. The number of fused-ring (bicyclic) bond motifs is 1. The van der Waals surface area contributed by atoms with Crippen molar-refractivity contribution >= 4 is 22.6 Å². The number of carboxylic acids is 1. The molecule has 9 heteroatoms. The molecule has 30 heavy (non-hydrogen) atoms. The van der Waals surface area contributed by atoms with Crippen LogP contribution in [0.25, 0.3) is 10.9 Å². The molecule has 0 unspecified atom stereocenters. The van der Waals surface area contributed by atoms with Gasteiger partial charge in [0.15, 0.2) is 5.75 Å². The van der Waals surface area contributed by atoms with Gasteiger partial charge in [-0.25, -0.2) is 9.18 Å². The Morgan fingerprint density at radius 1 is 1.40 bits per heavy atom. The molecule has 4 rings (SSSR count). The van der Waals surface area contributed by atoms with Crippen LogP contribution in [0.15, 0.2) is 17.1 Å². The van der Waals surface area contributed by atoms with Crippen molar-refractivity contribution in [2.24, 2.45) is 5.92 Å². The van der Waals surface area contributed by atoms with Crippen LogP contribution in [0.5, 0.6) is 5.75 Å². The van der Waals surface area contributed by atoms with Gasteiger partial charge in [0.2, 0.25) is 5.43 Å². The molecule has 7 nitrogen and oxygen atoms in total. The summed E-state index contributed by atoms with van der Waals surface area (Å²) >= 11 is 0. The first kappa shape index (κ1) is 20.6. The number of aryl methyl sites for hydroxylation is 1. The molecule has 2 fully saturated rings. The van der Waals surface area contributed by atoms with Gasteiger partial charge in [-0.3, -0.25) is 9.18 Å². The fraction of sp³-hybridized carbons (Fsp3) is 0.524. The molecule has 0 bridgehead atoms. The number of ether oxygens (including phenoxy) is 1. The lowest BCUT2D eigenvalue weighted by atomic mass is 10.0. The summed E-state index contributed by atoms with van der Waals surface area (Å²) in [4.78, 5) is 28.7. The molecule has 2 heterocycles. The van der Waals surface area contributed by atoms with E-state index >= 15 is 0 Å². The second kappa shape index (κ2) is 8.22. The molecule has 0 spiro atoms. The van der Waals surface area contributed by atoms with E-state index in [1.165, 1.54) is 13.2 Å². The molecule has 2 aliphatic rings. The van der Waals surface area contributed by atoms with Crippen molar-refractivity contribution in [1.82, 2.24) is 10.3 Å². The number of carboxylic acid groups (broad SMARTS) is 1. The zero-order valence-electron chi connectivity index (χ0n) is 16.7. The maximum absolute atomic E-state index is 14.7. The van der Waals surface area contributed by atoms with E-state index in [0.717, 1.165) is 19.0 Å². The Kier molecular flexibility index (Phi) is 5.64. The van der Waals surface area contributed by atoms with Gasteiger partial charge >= 0.3 is 5.97 Å². The monoisotopic (exact) mass is 421 g/mol. The number of aromatic amines is 1. The SMILES string of the molecule is COc1c(N2C[C@H](CNC3CC3)[C@H](F)C2)c(CCF)cc2c(=O)c(C(=O)O)c[nH]c12. The molecule has 1 aliphatic heterocycles. The number of aromatic nitrogens is 1. The first-order valence-electron chi connectivity index (χ1n) is 10.1. The third-order valence-electron chi connectivity index (χ3n) is 5.91. The highest BCUT2D eigenvalue weighted by Crippen LogP contribution is 2.41. The molecule has 1 saturated heterocycles. The highest BCUT2D eigenvalue weighted by molar-refractivity contribution is 5.97. The van der Waals surface area contributed by atoms with Gasteiger partial charge in [0, 0.05) is 44.2 Å². The summed E-state index contributed by atoms with van der Waals surface area (Å²) in [5, 5.41) is 12.7. The zero-order valence-corrected chi connectivity index (χ0v) is 16.7. The van der Waals surface area contributed by atoms with Crippen LogP contribution < -0.4 is 20.4 Å². The summed E-state index contributed by atoms with van der Waals surface area (Å²) in [6.45, 7) is 0.502. The highest BCUT2D eigenvalue weighted by atomic mass is 19.1. The number of rotatable bonds is 8. The summed E-state index contributed by atoms with van der Waals surface area (Å²) in [5.74, 6) is -1.25. The fourth-order valence-corrected chi connectivity index (χ4v) is 4.19. The molecule has 2 atom stereocenters. The summed E-state index contributed by atoms with van der Waals surface area (Å²) in [5.41, 5.74) is 0.299. The molecule has 0 amide bonds. The number of nitrogens with one attached hydrogen (secondary N) is 2. The molecule has 0 radical (unpaired) electrons. The van der Waals surface area contributed by atoms with Gasteiger partial charge in [-0.2, -0.15) is 0 Å². The zero-order chi connectivity index (χ0) is 21.4. The lowest BCUT2D eigenvalue weighted by Gasteiger charge is -2.25. The van der Waals surface area contributed by atoms with Crippen LogP contribution in [0, 0.1) is 5.92 Å². The van der Waals surface area contributed by atoms with Gasteiger partial charge < -0.3 is 25.0 Å². The lowest BCUT2D eigenvalue weighted by molar-refractivity contribution is 0.0695. The minimum Gasteiger partial charge on any atom is -0.492 e. The Bertz CT molecular complexity index is 1020. The third kappa shape index (κ3) is 3.74. The van der Waals surface area contributed by atoms with Crippen molar-refractivity contribution in [1.29, 1.82) is 0 Å². The quantitative estimate of drug-likeness (QED) is 0.605. The average Bonchev–Trinajstić information content (AvgIpc) is 3.47. The van der Waals surface area contributed by atoms with E-state index < -0.39 is 29.8 Å². The molecule has 1 aromatic heterocycles. The van der Waals surface area contributed by atoms with E-state index in [4.69, 9.17) is 4.74 Å². The van der Waals surface area contributed by atoms with Crippen molar-refractivity contribution in [2.45, 2.75) is 31.5 Å². The normalized spacial score (nSPS) is 21.4. The predicted octanol–water partition coefficient (Wildman–Crippen LogP) is 2.27. The highest BCUT2D eigenvalue weighted by Gasteiger charge is 2.36. The molecule has 162 valence electrons. The summed E-state index contributed by atoms with van der Waals surface area (Å²) in [6, 6.07) is 1.98. The van der Waals surface area contributed by atoms with Crippen LogP contribution in [0.1, 0.15) is 28.8 Å². The Morgan fingerprint density at radius 3 is 2.80 bits per heavy atom. The Morgan fingerprint density at radius 2 is 2.17 bits per heavy atom. The number of H-pyrrole nitrogens is 1. The molecule has 1 aromatic carbocycles. The van der Waals surface area contributed by atoms with Crippen LogP contribution in [0.2, 0.25) is 0 Å². The number of hydrogen-bond donors (Lipinski definition) is 3. The van der Waals surface area contributed by atoms with Crippen LogP contribution >= 0.6 is 0 Å². The number of hydrogen-bond acceptors (Lipinski definition) is 5. The van der Waals surface area contributed by atoms with E-state index in [1.54, 1.807) is 0 Å². The van der Waals surface area contributed by atoms with Crippen LogP contribution in [0.4, 0.5) is 14.5 Å². The smallest absolute Gasteiger partial charge is 0.341 e. The van der Waals surface area contributed by atoms with Gasteiger partial charge in [-0.05, 0) is 24.5 Å². The van der Waals surface area contributed by atoms with Gasteiger partial charge in [-0.1, -0.05) is 0 Å². The molecule has 2 aromatic rings. The van der Waals surface area contributed by atoms with Gasteiger partial charge in [-0.15, -0.1) is 0 Å². The number of methoxy groups -OCH3 is 1. The number of anilines is 1. The summed E-state index contributed by atoms with van der Waals surface area (Å²) < 4.78 is 33.7. The Balaban J connectivity index is 1.78. The largest absolute Gasteiger partial charge is 0.492 e. The standard InChI is InChI=1S/C21H25F2N3O4/c1-30-20-17-14(19(27)15(8-25-17)21(28)29)6-11(4-5-22)18(20)26-9-12(16(23)10-26)7-24-13-2-3-13/h6,8,12-13,16,24H,2-5,7,9-10H2,1H3,(H,25,27)(H,28,29)/t12-,16+/m0/s1. The second-order valence-corrected chi connectivity index (χ2v) is 7.98. The van der Waals surface area contributed by atoms with Crippen LogP contribution in [-0.2, 0) is 6.42 Å². The number of pyridine rings is 1. The molecular formula is C21H25F2N3O4. The topological polar surface area (TPSA) is 94.7 Å². The molecule has 1 saturated carbocycles. The van der Waals surface area contributed by atoms with Crippen molar-refractivity contribution < 1.29 is 23.4 Å². The maximum atomic E-state index is 14.7. The number of aromatic carboxylic acids is 1. The summed E-state index contributed by atoms with van der Waals surface area (Å²) in [6.07, 6.45) is 2.34. The van der Waals surface area contributed by atoms with Gasteiger partial charge in [0.1, 0.15) is 11.7 Å². The van der Waals surface area contributed by atoms with Crippen molar-refractivity contribution in [3.05, 3.63) is 33.6 Å². The molecule has 1 aliphatic carbocycles. The first-order chi connectivity index (χ1) is 14.4. The van der Waals surface area contributed by atoms with Crippen molar-refractivity contribution in [3.63, 3.8) is 0 Å². The minimum atomic E-state index is -1.35. The first-order valence-corrected chi connectivity index (χ1v) is 10.1. The number of alkyl halides is 2.